The molecular formula is C20H25N3O2. The summed E-state index contributed by atoms with van der Waals surface area (Å²) in [5, 5.41) is 10.6. The van der Waals surface area contributed by atoms with Crippen LogP contribution in [0, 0.1) is 6.92 Å². The number of furan rings is 1. The zero-order chi connectivity index (χ0) is 17.3. The van der Waals surface area contributed by atoms with Crippen LogP contribution < -0.4 is 5.32 Å². The van der Waals surface area contributed by atoms with Crippen molar-refractivity contribution in [2.24, 2.45) is 0 Å². The molecule has 0 saturated carbocycles. The average molecular weight is 339 g/mol. The predicted molar refractivity (Wildman–Crippen MR) is 98.3 cm³/mol. The minimum absolute atomic E-state index is 0.760. The normalized spacial score (nSPS) is 11.1. The molecule has 132 valence electrons. The summed E-state index contributed by atoms with van der Waals surface area (Å²) in [6.45, 7) is 5.15. The summed E-state index contributed by atoms with van der Waals surface area (Å²) in [6, 6.07) is 14.4. The Hall–Kier alpha value is -2.37. The fourth-order valence-electron chi connectivity index (χ4n) is 2.69. The van der Waals surface area contributed by atoms with Gasteiger partial charge in [-0.05, 0) is 44.0 Å². The number of nitrogens with zero attached hydrogens (tertiary/aromatic N) is 1. The minimum Gasteiger partial charge on any atom is -0.460 e. The second kappa shape index (κ2) is 9.20. The van der Waals surface area contributed by atoms with Gasteiger partial charge in [-0.3, -0.25) is 5.10 Å². The van der Waals surface area contributed by atoms with Crippen molar-refractivity contribution in [3.05, 3.63) is 65.5 Å². The smallest absolute Gasteiger partial charge is 0.152 e. The number of aryl methyl sites for hydroxylation is 1. The first-order valence-electron chi connectivity index (χ1n) is 8.74. The Morgan fingerprint density at radius 1 is 1.12 bits per heavy atom. The SMILES string of the molecule is Cc1ccc(-c2[nH]ncc2CNCCCOCCc2ccccc2)o1. The molecule has 0 amide bonds. The summed E-state index contributed by atoms with van der Waals surface area (Å²) in [5.41, 5.74) is 3.38. The molecule has 1 aromatic carbocycles. The zero-order valence-electron chi connectivity index (χ0n) is 14.6. The summed E-state index contributed by atoms with van der Waals surface area (Å²) < 4.78 is 11.4. The third-order valence-corrected chi connectivity index (χ3v) is 4.04. The number of benzene rings is 1. The van der Waals surface area contributed by atoms with Crippen LogP contribution >= 0.6 is 0 Å². The third-order valence-electron chi connectivity index (χ3n) is 4.04. The number of hydrogen-bond donors (Lipinski definition) is 2. The highest BCUT2D eigenvalue weighted by atomic mass is 16.5. The largest absolute Gasteiger partial charge is 0.460 e. The van der Waals surface area contributed by atoms with Crippen LogP contribution in [-0.2, 0) is 17.7 Å². The Balaban J connectivity index is 1.30. The minimum atomic E-state index is 0.760. The van der Waals surface area contributed by atoms with Gasteiger partial charge in [-0.1, -0.05) is 30.3 Å². The monoisotopic (exact) mass is 339 g/mol. The summed E-state index contributed by atoms with van der Waals surface area (Å²) in [6.07, 6.45) is 3.80. The van der Waals surface area contributed by atoms with E-state index < -0.39 is 0 Å². The van der Waals surface area contributed by atoms with Gasteiger partial charge >= 0.3 is 0 Å². The number of nitrogens with one attached hydrogen (secondary N) is 2. The quantitative estimate of drug-likeness (QED) is 0.553. The van der Waals surface area contributed by atoms with Crippen molar-refractivity contribution in [2.45, 2.75) is 26.3 Å². The molecule has 0 atom stereocenters. The Kier molecular flexibility index (Phi) is 6.42. The molecule has 3 aromatic rings. The third kappa shape index (κ3) is 5.31. The van der Waals surface area contributed by atoms with Gasteiger partial charge in [0.15, 0.2) is 5.76 Å². The van der Waals surface area contributed by atoms with Crippen molar-refractivity contribution in [3.8, 4) is 11.5 Å². The van der Waals surface area contributed by atoms with Crippen LogP contribution in [-0.4, -0.2) is 30.0 Å². The summed E-state index contributed by atoms with van der Waals surface area (Å²) in [5.74, 6) is 1.73. The Morgan fingerprint density at radius 2 is 2.00 bits per heavy atom. The van der Waals surface area contributed by atoms with E-state index in [2.05, 4.69) is 39.8 Å². The molecule has 0 unspecified atom stereocenters. The van der Waals surface area contributed by atoms with Crippen molar-refractivity contribution < 1.29 is 9.15 Å². The molecule has 2 aromatic heterocycles. The van der Waals surface area contributed by atoms with E-state index in [0.717, 1.165) is 61.9 Å². The Morgan fingerprint density at radius 3 is 2.80 bits per heavy atom. The van der Waals surface area contributed by atoms with Gasteiger partial charge in [0, 0.05) is 18.7 Å². The van der Waals surface area contributed by atoms with Crippen LogP contribution in [0.4, 0.5) is 0 Å². The first-order valence-corrected chi connectivity index (χ1v) is 8.74. The second-order valence-electron chi connectivity index (χ2n) is 6.06. The fourth-order valence-corrected chi connectivity index (χ4v) is 2.69. The van der Waals surface area contributed by atoms with Gasteiger partial charge in [-0.25, -0.2) is 0 Å². The Bertz CT molecular complexity index is 749. The molecule has 25 heavy (non-hydrogen) atoms. The van der Waals surface area contributed by atoms with E-state index in [4.69, 9.17) is 9.15 Å². The molecule has 0 aliphatic heterocycles. The van der Waals surface area contributed by atoms with Crippen molar-refractivity contribution in [3.63, 3.8) is 0 Å². The molecule has 5 heteroatoms. The van der Waals surface area contributed by atoms with Gasteiger partial charge in [0.2, 0.25) is 0 Å². The van der Waals surface area contributed by atoms with Gasteiger partial charge < -0.3 is 14.5 Å². The van der Waals surface area contributed by atoms with E-state index >= 15 is 0 Å². The molecule has 0 radical (unpaired) electrons. The maximum atomic E-state index is 5.70. The maximum absolute atomic E-state index is 5.70. The second-order valence-corrected chi connectivity index (χ2v) is 6.06. The summed E-state index contributed by atoms with van der Waals surface area (Å²) in [7, 11) is 0. The molecule has 0 saturated heterocycles. The van der Waals surface area contributed by atoms with Gasteiger partial charge in [0.05, 0.1) is 12.8 Å². The topological polar surface area (TPSA) is 63.1 Å². The molecule has 0 aliphatic carbocycles. The summed E-state index contributed by atoms with van der Waals surface area (Å²) in [4.78, 5) is 0. The van der Waals surface area contributed by atoms with E-state index in [1.165, 1.54) is 5.56 Å². The van der Waals surface area contributed by atoms with Crippen LogP contribution in [0.3, 0.4) is 0 Å². The van der Waals surface area contributed by atoms with E-state index in [9.17, 15) is 0 Å². The number of ether oxygens (including phenoxy) is 1. The van der Waals surface area contributed by atoms with E-state index in [0.29, 0.717) is 0 Å². The lowest BCUT2D eigenvalue weighted by molar-refractivity contribution is 0.134. The fraction of sp³-hybridized carbons (Fsp3) is 0.350. The lowest BCUT2D eigenvalue weighted by atomic mass is 10.2. The highest BCUT2D eigenvalue weighted by Crippen LogP contribution is 2.23. The van der Waals surface area contributed by atoms with Crippen LogP contribution in [0.2, 0.25) is 0 Å². The lowest BCUT2D eigenvalue weighted by Crippen LogP contribution is -2.16. The Labute approximate surface area is 148 Å². The van der Waals surface area contributed by atoms with E-state index in [1.54, 1.807) is 0 Å². The molecule has 2 N–H and O–H groups in total. The number of rotatable bonds is 10. The molecule has 0 bridgehead atoms. The van der Waals surface area contributed by atoms with E-state index in [1.807, 2.05) is 31.3 Å². The molecule has 5 nitrogen and oxygen atoms in total. The van der Waals surface area contributed by atoms with E-state index in [-0.39, 0.29) is 0 Å². The van der Waals surface area contributed by atoms with Crippen molar-refractivity contribution in [1.82, 2.24) is 15.5 Å². The molecule has 0 spiro atoms. The predicted octanol–water partition coefficient (Wildman–Crippen LogP) is 3.72. The number of aromatic amines is 1. The van der Waals surface area contributed by atoms with Crippen molar-refractivity contribution in [2.75, 3.05) is 19.8 Å². The first-order chi connectivity index (χ1) is 12.3. The first kappa shape index (κ1) is 17.5. The van der Waals surface area contributed by atoms with Gasteiger partial charge in [-0.2, -0.15) is 5.10 Å². The van der Waals surface area contributed by atoms with Crippen LogP contribution in [0.5, 0.6) is 0 Å². The molecular weight excluding hydrogens is 314 g/mol. The summed E-state index contributed by atoms with van der Waals surface area (Å²) >= 11 is 0. The highest BCUT2D eigenvalue weighted by Gasteiger charge is 2.10. The molecule has 3 rings (SSSR count). The number of hydrogen-bond acceptors (Lipinski definition) is 4. The van der Waals surface area contributed by atoms with Gasteiger partial charge in [-0.15, -0.1) is 0 Å². The molecule has 2 heterocycles. The standard InChI is InChI=1S/C20H25N3O2/c1-16-8-9-19(25-16)20-18(15-22-23-20)14-21-11-5-12-24-13-10-17-6-3-2-4-7-17/h2-4,6-9,15,21H,5,10-14H2,1H3,(H,22,23). The van der Waals surface area contributed by atoms with Crippen LogP contribution in [0.1, 0.15) is 23.3 Å². The van der Waals surface area contributed by atoms with Gasteiger partial charge in [0.1, 0.15) is 11.5 Å². The number of aromatic nitrogens is 2. The molecule has 0 aliphatic rings. The van der Waals surface area contributed by atoms with Crippen molar-refractivity contribution >= 4 is 0 Å². The average Bonchev–Trinajstić information content (AvgIpc) is 3.26. The highest BCUT2D eigenvalue weighted by molar-refractivity contribution is 5.56. The zero-order valence-corrected chi connectivity index (χ0v) is 14.6. The van der Waals surface area contributed by atoms with Crippen molar-refractivity contribution in [1.29, 1.82) is 0 Å². The molecule has 0 fully saturated rings. The number of H-pyrrole nitrogens is 1. The van der Waals surface area contributed by atoms with Crippen LogP contribution in [0.25, 0.3) is 11.5 Å². The van der Waals surface area contributed by atoms with Crippen LogP contribution in [0.15, 0.2) is 53.1 Å². The lowest BCUT2D eigenvalue weighted by Gasteiger charge is -2.06. The maximum Gasteiger partial charge on any atom is 0.152 e. The van der Waals surface area contributed by atoms with Gasteiger partial charge in [0.25, 0.3) is 0 Å².